The summed E-state index contributed by atoms with van der Waals surface area (Å²) in [6.45, 7) is 2.98. The standard InChI is InChI=1S/C24H25N3O3S/c1-18-8-12-21(13-9-18)31(29,30)26-23-7-3-2-6-22(23)24(28)27(16-19-10-11-19)17-20-5-4-14-25-15-20/h2-9,12-15,19,26H,10-11,16-17H2,1H3. The van der Waals surface area contributed by atoms with Crippen molar-refractivity contribution in [3.63, 3.8) is 0 Å². The summed E-state index contributed by atoms with van der Waals surface area (Å²) in [6.07, 6.45) is 5.67. The van der Waals surface area contributed by atoms with Gasteiger partial charge in [0.2, 0.25) is 0 Å². The third-order valence-corrected chi connectivity index (χ3v) is 6.67. The fourth-order valence-corrected chi connectivity index (χ4v) is 4.47. The number of nitrogens with one attached hydrogen (secondary N) is 1. The van der Waals surface area contributed by atoms with Gasteiger partial charge in [0.15, 0.2) is 0 Å². The number of anilines is 1. The van der Waals surface area contributed by atoms with Crippen LogP contribution < -0.4 is 4.72 Å². The summed E-state index contributed by atoms with van der Waals surface area (Å²) < 4.78 is 28.4. The molecule has 0 radical (unpaired) electrons. The monoisotopic (exact) mass is 435 g/mol. The molecule has 1 N–H and O–H groups in total. The van der Waals surface area contributed by atoms with E-state index in [1.807, 2.05) is 19.1 Å². The van der Waals surface area contributed by atoms with Crippen molar-refractivity contribution >= 4 is 21.6 Å². The minimum atomic E-state index is -3.81. The number of amides is 1. The maximum absolute atomic E-state index is 13.5. The molecule has 3 aromatic rings. The molecular weight excluding hydrogens is 410 g/mol. The molecule has 6 nitrogen and oxygen atoms in total. The average molecular weight is 436 g/mol. The Balaban J connectivity index is 1.61. The van der Waals surface area contributed by atoms with Crippen LogP contribution in [0, 0.1) is 12.8 Å². The number of sulfonamides is 1. The van der Waals surface area contributed by atoms with E-state index in [2.05, 4.69) is 9.71 Å². The molecule has 0 aliphatic heterocycles. The van der Waals surface area contributed by atoms with Gasteiger partial charge >= 0.3 is 0 Å². The summed E-state index contributed by atoms with van der Waals surface area (Å²) in [7, 11) is -3.81. The number of hydrogen-bond acceptors (Lipinski definition) is 4. The molecule has 160 valence electrons. The largest absolute Gasteiger partial charge is 0.334 e. The number of nitrogens with zero attached hydrogens (tertiary/aromatic N) is 2. The number of pyridine rings is 1. The van der Waals surface area contributed by atoms with E-state index in [1.54, 1.807) is 65.8 Å². The van der Waals surface area contributed by atoms with E-state index in [4.69, 9.17) is 0 Å². The first kappa shape index (κ1) is 21.1. The molecule has 7 heteroatoms. The number of hydrogen-bond donors (Lipinski definition) is 1. The molecule has 1 aliphatic rings. The summed E-state index contributed by atoms with van der Waals surface area (Å²) in [5.74, 6) is 0.301. The van der Waals surface area contributed by atoms with Gasteiger partial charge in [-0.2, -0.15) is 0 Å². The van der Waals surface area contributed by atoms with Gasteiger partial charge in [-0.05, 0) is 61.6 Å². The number of para-hydroxylation sites is 1. The summed E-state index contributed by atoms with van der Waals surface area (Å²) in [5.41, 5.74) is 2.53. The Bertz CT molecular complexity index is 1160. The number of carbonyl (C=O) groups excluding carboxylic acids is 1. The Morgan fingerprint density at radius 2 is 1.81 bits per heavy atom. The molecule has 1 fully saturated rings. The molecular formula is C24H25N3O3S. The Labute approximate surface area is 183 Å². The van der Waals surface area contributed by atoms with Crippen molar-refractivity contribution in [3.05, 3.63) is 89.7 Å². The number of aryl methyl sites for hydroxylation is 1. The third-order valence-electron chi connectivity index (χ3n) is 5.29. The topological polar surface area (TPSA) is 79.4 Å². The lowest BCUT2D eigenvalue weighted by Gasteiger charge is -2.24. The zero-order valence-corrected chi connectivity index (χ0v) is 18.2. The lowest BCUT2D eigenvalue weighted by molar-refractivity contribution is 0.0736. The van der Waals surface area contributed by atoms with Gasteiger partial charge in [-0.25, -0.2) is 8.42 Å². The van der Waals surface area contributed by atoms with Gasteiger partial charge in [-0.3, -0.25) is 14.5 Å². The summed E-state index contributed by atoms with van der Waals surface area (Å²) in [6, 6.07) is 17.1. The van der Waals surface area contributed by atoms with E-state index in [0.717, 1.165) is 24.0 Å². The number of benzene rings is 2. The van der Waals surface area contributed by atoms with Crippen LogP contribution in [0.5, 0.6) is 0 Å². The van der Waals surface area contributed by atoms with Crippen molar-refractivity contribution in [2.24, 2.45) is 5.92 Å². The predicted octanol–water partition coefficient (Wildman–Crippen LogP) is 4.24. The molecule has 1 amide bonds. The Morgan fingerprint density at radius 1 is 1.06 bits per heavy atom. The highest BCUT2D eigenvalue weighted by atomic mass is 32.2. The van der Waals surface area contributed by atoms with E-state index in [1.165, 1.54) is 0 Å². The van der Waals surface area contributed by atoms with Crippen LogP contribution in [0.1, 0.15) is 34.3 Å². The second kappa shape index (κ2) is 8.89. The van der Waals surface area contributed by atoms with Gasteiger partial charge < -0.3 is 4.90 Å². The molecule has 4 rings (SSSR count). The van der Waals surface area contributed by atoms with Crippen molar-refractivity contribution in [3.8, 4) is 0 Å². The first-order valence-electron chi connectivity index (χ1n) is 10.3. The Hall–Kier alpha value is -3.19. The molecule has 1 heterocycles. The van der Waals surface area contributed by atoms with E-state index in [-0.39, 0.29) is 16.5 Å². The number of aromatic nitrogens is 1. The lowest BCUT2D eigenvalue weighted by atomic mass is 10.1. The van der Waals surface area contributed by atoms with E-state index in [9.17, 15) is 13.2 Å². The summed E-state index contributed by atoms with van der Waals surface area (Å²) >= 11 is 0. The Kier molecular flexibility index (Phi) is 6.04. The van der Waals surface area contributed by atoms with E-state index in [0.29, 0.717) is 24.6 Å². The summed E-state index contributed by atoms with van der Waals surface area (Å²) in [5, 5.41) is 0. The fraction of sp³-hybridized carbons (Fsp3) is 0.250. The first-order chi connectivity index (χ1) is 14.9. The highest BCUT2D eigenvalue weighted by molar-refractivity contribution is 7.92. The van der Waals surface area contributed by atoms with Gasteiger partial charge in [0, 0.05) is 25.5 Å². The van der Waals surface area contributed by atoms with Crippen molar-refractivity contribution in [2.75, 3.05) is 11.3 Å². The van der Waals surface area contributed by atoms with Gasteiger partial charge in [0.05, 0.1) is 16.1 Å². The zero-order valence-electron chi connectivity index (χ0n) is 17.4. The summed E-state index contributed by atoms with van der Waals surface area (Å²) in [4.78, 5) is 19.6. The normalized spacial score (nSPS) is 13.6. The molecule has 1 aromatic heterocycles. The second-order valence-electron chi connectivity index (χ2n) is 7.95. The lowest BCUT2D eigenvalue weighted by Crippen LogP contribution is -2.33. The molecule has 1 aliphatic carbocycles. The first-order valence-corrected chi connectivity index (χ1v) is 11.8. The molecule has 0 atom stereocenters. The minimum absolute atomic E-state index is 0.158. The average Bonchev–Trinajstić information content (AvgIpc) is 3.58. The zero-order chi connectivity index (χ0) is 21.8. The van der Waals surface area contributed by atoms with Crippen molar-refractivity contribution in [1.29, 1.82) is 0 Å². The molecule has 31 heavy (non-hydrogen) atoms. The predicted molar refractivity (Wildman–Crippen MR) is 120 cm³/mol. The quantitative estimate of drug-likeness (QED) is 0.574. The molecule has 1 saturated carbocycles. The van der Waals surface area contributed by atoms with Crippen molar-refractivity contribution in [1.82, 2.24) is 9.88 Å². The van der Waals surface area contributed by atoms with Crippen LogP contribution in [0.4, 0.5) is 5.69 Å². The third kappa shape index (κ3) is 5.30. The SMILES string of the molecule is Cc1ccc(S(=O)(=O)Nc2ccccc2C(=O)N(Cc2cccnc2)CC2CC2)cc1. The number of rotatable bonds is 8. The second-order valence-corrected chi connectivity index (χ2v) is 9.64. The van der Waals surface area contributed by atoms with Crippen LogP contribution in [0.2, 0.25) is 0 Å². The van der Waals surface area contributed by atoms with Crippen LogP contribution in [-0.4, -0.2) is 30.8 Å². The minimum Gasteiger partial charge on any atom is -0.334 e. The van der Waals surface area contributed by atoms with Crippen LogP contribution in [-0.2, 0) is 16.6 Å². The fourth-order valence-electron chi connectivity index (χ4n) is 3.39. The van der Waals surface area contributed by atoms with Crippen molar-refractivity contribution in [2.45, 2.75) is 31.2 Å². The van der Waals surface area contributed by atoms with Crippen molar-refractivity contribution < 1.29 is 13.2 Å². The van der Waals surface area contributed by atoms with Gasteiger partial charge in [-0.15, -0.1) is 0 Å². The molecule has 0 bridgehead atoms. The highest BCUT2D eigenvalue weighted by Gasteiger charge is 2.29. The van der Waals surface area contributed by atoms with Crippen LogP contribution in [0.15, 0.2) is 78.0 Å². The van der Waals surface area contributed by atoms with Gasteiger partial charge in [0.1, 0.15) is 0 Å². The molecule has 0 saturated heterocycles. The van der Waals surface area contributed by atoms with Crippen LogP contribution >= 0.6 is 0 Å². The number of carbonyl (C=O) groups is 1. The van der Waals surface area contributed by atoms with E-state index >= 15 is 0 Å². The molecule has 2 aromatic carbocycles. The highest BCUT2D eigenvalue weighted by Crippen LogP contribution is 2.31. The van der Waals surface area contributed by atoms with E-state index < -0.39 is 10.0 Å². The van der Waals surface area contributed by atoms with Gasteiger partial charge in [-0.1, -0.05) is 35.9 Å². The van der Waals surface area contributed by atoms with Crippen LogP contribution in [0.25, 0.3) is 0 Å². The Morgan fingerprint density at radius 3 is 2.48 bits per heavy atom. The van der Waals surface area contributed by atoms with Gasteiger partial charge in [0.25, 0.3) is 15.9 Å². The molecule has 0 unspecified atom stereocenters. The van der Waals surface area contributed by atoms with Crippen LogP contribution in [0.3, 0.4) is 0 Å². The maximum Gasteiger partial charge on any atom is 0.261 e. The maximum atomic E-state index is 13.5. The molecule has 0 spiro atoms. The smallest absolute Gasteiger partial charge is 0.261 e.